The molecule has 1 fully saturated rings. The van der Waals surface area contributed by atoms with Gasteiger partial charge in [-0.2, -0.15) is 4.31 Å². The molecule has 1 N–H and O–H groups in total. The first kappa shape index (κ1) is 23.7. The summed E-state index contributed by atoms with van der Waals surface area (Å²) in [5.41, 5.74) is 2.23. The molecule has 0 radical (unpaired) electrons. The van der Waals surface area contributed by atoms with Crippen LogP contribution in [0.25, 0.3) is 0 Å². The van der Waals surface area contributed by atoms with Gasteiger partial charge in [-0.15, -0.1) is 0 Å². The van der Waals surface area contributed by atoms with Crippen molar-refractivity contribution in [2.75, 3.05) is 44.0 Å². The third-order valence-electron chi connectivity index (χ3n) is 5.36. The number of anilines is 2. The number of carbonyl (C=O) groups excluding carboxylic acids is 2. The van der Waals surface area contributed by atoms with Gasteiger partial charge in [-0.05, 0) is 61.7 Å². The van der Waals surface area contributed by atoms with Crippen LogP contribution in [0.1, 0.15) is 35.2 Å². The van der Waals surface area contributed by atoms with Crippen LogP contribution in [0.4, 0.5) is 11.4 Å². The number of piperidine rings is 1. The lowest BCUT2D eigenvalue weighted by Gasteiger charge is -2.26. The van der Waals surface area contributed by atoms with Gasteiger partial charge >= 0.3 is 5.97 Å². The van der Waals surface area contributed by atoms with Crippen LogP contribution in [0.3, 0.4) is 0 Å². The fourth-order valence-corrected chi connectivity index (χ4v) is 5.28. The van der Waals surface area contributed by atoms with Crippen molar-refractivity contribution in [1.82, 2.24) is 4.31 Å². The molecule has 172 valence electrons. The quantitative estimate of drug-likeness (QED) is 0.640. The zero-order valence-electron chi connectivity index (χ0n) is 18.6. The van der Waals surface area contributed by atoms with Gasteiger partial charge in [0.15, 0.2) is 6.61 Å². The van der Waals surface area contributed by atoms with Crippen LogP contribution >= 0.6 is 0 Å². The summed E-state index contributed by atoms with van der Waals surface area (Å²) in [5, 5.41) is 2.61. The van der Waals surface area contributed by atoms with Gasteiger partial charge in [-0.25, -0.2) is 13.2 Å². The summed E-state index contributed by atoms with van der Waals surface area (Å²) >= 11 is 0. The van der Waals surface area contributed by atoms with Gasteiger partial charge in [0.25, 0.3) is 5.91 Å². The second-order valence-corrected chi connectivity index (χ2v) is 9.92. The lowest BCUT2D eigenvalue weighted by molar-refractivity contribution is -0.119. The third-order valence-corrected chi connectivity index (χ3v) is 7.40. The molecule has 9 heteroatoms. The van der Waals surface area contributed by atoms with Gasteiger partial charge in [-0.3, -0.25) is 4.79 Å². The largest absolute Gasteiger partial charge is 0.452 e. The summed E-state index contributed by atoms with van der Waals surface area (Å²) in [6.07, 6.45) is 2.72. The molecule has 0 aliphatic carbocycles. The summed E-state index contributed by atoms with van der Waals surface area (Å²) in [6, 6.07) is 11.6. The molecule has 2 aromatic rings. The summed E-state index contributed by atoms with van der Waals surface area (Å²) in [5.74, 6) is -1.16. The van der Waals surface area contributed by atoms with E-state index in [9.17, 15) is 18.0 Å². The van der Waals surface area contributed by atoms with Crippen molar-refractivity contribution in [2.45, 2.75) is 31.1 Å². The van der Waals surface area contributed by atoms with Crippen molar-refractivity contribution in [1.29, 1.82) is 0 Å². The van der Waals surface area contributed by atoms with E-state index in [1.165, 1.54) is 10.4 Å². The number of hydrogen-bond acceptors (Lipinski definition) is 6. The highest BCUT2D eigenvalue weighted by atomic mass is 32.2. The molecule has 0 spiro atoms. The summed E-state index contributed by atoms with van der Waals surface area (Å²) < 4.78 is 32.6. The van der Waals surface area contributed by atoms with E-state index < -0.39 is 28.5 Å². The number of esters is 1. The normalized spacial score (nSPS) is 14.6. The first-order valence-corrected chi connectivity index (χ1v) is 12.0. The van der Waals surface area contributed by atoms with Crippen LogP contribution in [0.15, 0.2) is 47.4 Å². The minimum Gasteiger partial charge on any atom is -0.452 e. The Bertz CT molecular complexity index is 1080. The van der Waals surface area contributed by atoms with E-state index in [0.29, 0.717) is 29.9 Å². The van der Waals surface area contributed by atoms with Gasteiger partial charge in [0, 0.05) is 38.6 Å². The number of rotatable bonds is 7. The maximum absolute atomic E-state index is 13.0. The minimum absolute atomic E-state index is 0.176. The molecule has 1 saturated heterocycles. The Kier molecular flexibility index (Phi) is 7.52. The van der Waals surface area contributed by atoms with Crippen molar-refractivity contribution in [3.63, 3.8) is 0 Å². The van der Waals surface area contributed by atoms with E-state index in [1.807, 2.05) is 19.0 Å². The van der Waals surface area contributed by atoms with Crippen molar-refractivity contribution < 1.29 is 22.7 Å². The lowest BCUT2D eigenvalue weighted by Crippen LogP contribution is -2.36. The van der Waals surface area contributed by atoms with E-state index in [0.717, 1.165) is 24.9 Å². The summed E-state index contributed by atoms with van der Waals surface area (Å²) in [6.45, 7) is 2.26. The van der Waals surface area contributed by atoms with E-state index >= 15 is 0 Å². The second-order valence-electron chi connectivity index (χ2n) is 8.01. The number of nitrogens with zero attached hydrogens (tertiary/aromatic N) is 2. The molecule has 0 unspecified atom stereocenters. The maximum atomic E-state index is 13.0. The topological polar surface area (TPSA) is 96.0 Å². The summed E-state index contributed by atoms with van der Waals surface area (Å²) in [4.78, 5) is 26.6. The molecule has 0 aromatic heterocycles. The van der Waals surface area contributed by atoms with Crippen molar-refractivity contribution in [3.05, 3.63) is 53.6 Å². The highest BCUT2D eigenvalue weighted by Crippen LogP contribution is 2.26. The predicted molar refractivity (Wildman–Crippen MR) is 123 cm³/mol. The average molecular weight is 460 g/mol. The van der Waals surface area contributed by atoms with Crippen LogP contribution in [-0.4, -0.2) is 58.4 Å². The zero-order chi connectivity index (χ0) is 23.3. The maximum Gasteiger partial charge on any atom is 0.338 e. The molecule has 0 bridgehead atoms. The molecular weight excluding hydrogens is 430 g/mol. The Hall–Kier alpha value is -2.91. The number of hydrogen-bond donors (Lipinski definition) is 1. The van der Waals surface area contributed by atoms with Crippen LogP contribution in [0.5, 0.6) is 0 Å². The number of nitrogens with one attached hydrogen (secondary N) is 1. The SMILES string of the molecule is Cc1ccc(NC(=O)COC(=O)c2ccc(N(C)C)cc2)cc1S(=O)(=O)N1CCCCC1. The van der Waals surface area contributed by atoms with Gasteiger partial charge in [0.2, 0.25) is 10.0 Å². The Morgan fingerprint density at radius 2 is 1.69 bits per heavy atom. The Morgan fingerprint density at radius 1 is 1.03 bits per heavy atom. The van der Waals surface area contributed by atoms with Crippen LogP contribution in [0.2, 0.25) is 0 Å². The Morgan fingerprint density at radius 3 is 2.31 bits per heavy atom. The van der Waals surface area contributed by atoms with Crippen molar-refractivity contribution in [2.24, 2.45) is 0 Å². The van der Waals surface area contributed by atoms with E-state index in [1.54, 1.807) is 43.3 Å². The Labute approximate surface area is 189 Å². The molecule has 1 aliphatic heterocycles. The lowest BCUT2D eigenvalue weighted by atomic mass is 10.2. The van der Waals surface area contributed by atoms with Gasteiger partial charge in [0.05, 0.1) is 10.5 Å². The molecule has 0 atom stereocenters. The molecule has 2 aromatic carbocycles. The third kappa shape index (κ3) is 5.66. The fraction of sp³-hybridized carbons (Fsp3) is 0.391. The molecule has 32 heavy (non-hydrogen) atoms. The number of ether oxygens (including phenoxy) is 1. The second kappa shape index (κ2) is 10.1. The highest BCUT2D eigenvalue weighted by Gasteiger charge is 2.27. The minimum atomic E-state index is -3.63. The predicted octanol–water partition coefficient (Wildman–Crippen LogP) is 3.03. The van der Waals surface area contributed by atoms with Crippen molar-refractivity contribution in [3.8, 4) is 0 Å². The zero-order valence-corrected chi connectivity index (χ0v) is 19.4. The molecule has 1 amide bonds. The van der Waals surface area contributed by atoms with Crippen LogP contribution in [0, 0.1) is 6.92 Å². The Balaban J connectivity index is 1.62. The molecule has 1 heterocycles. The first-order chi connectivity index (χ1) is 15.2. The first-order valence-electron chi connectivity index (χ1n) is 10.5. The molecular formula is C23H29N3O5S. The van der Waals surface area contributed by atoms with Gasteiger partial charge in [0.1, 0.15) is 0 Å². The monoisotopic (exact) mass is 459 g/mol. The standard InChI is InChI=1S/C23H29N3O5S/c1-17-7-10-19(15-21(17)32(29,30)26-13-5-4-6-14-26)24-22(27)16-31-23(28)18-8-11-20(12-9-18)25(2)3/h7-12,15H,4-6,13-14,16H2,1-3H3,(H,24,27). The number of aryl methyl sites for hydroxylation is 1. The number of amides is 1. The molecule has 8 nitrogen and oxygen atoms in total. The van der Waals surface area contributed by atoms with Gasteiger partial charge < -0.3 is 15.0 Å². The average Bonchev–Trinajstić information content (AvgIpc) is 2.79. The van der Waals surface area contributed by atoms with Crippen LogP contribution < -0.4 is 10.2 Å². The van der Waals surface area contributed by atoms with E-state index in [2.05, 4.69) is 5.32 Å². The highest BCUT2D eigenvalue weighted by molar-refractivity contribution is 7.89. The van der Waals surface area contributed by atoms with E-state index in [-0.39, 0.29) is 4.90 Å². The smallest absolute Gasteiger partial charge is 0.338 e. The summed E-state index contributed by atoms with van der Waals surface area (Å²) in [7, 11) is 0.160. The van der Waals surface area contributed by atoms with E-state index in [4.69, 9.17) is 4.74 Å². The molecule has 0 saturated carbocycles. The fourth-order valence-electron chi connectivity index (χ4n) is 3.51. The number of carbonyl (C=O) groups is 2. The van der Waals surface area contributed by atoms with Gasteiger partial charge in [-0.1, -0.05) is 12.5 Å². The van der Waals surface area contributed by atoms with Crippen LogP contribution in [-0.2, 0) is 19.6 Å². The molecule has 3 rings (SSSR count). The number of benzene rings is 2. The number of sulfonamides is 1. The van der Waals surface area contributed by atoms with Crippen molar-refractivity contribution >= 4 is 33.3 Å². The molecule has 1 aliphatic rings.